The van der Waals surface area contributed by atoms with Crippen LogP contribution in [0.1, 0.15) is 33.1 Å². The molecule has 0 amide bonds. The van der Waals surface area contributed by atoms with E-state index >= 15 is 0 Å². The van der Waals surface area contributed by atoms with Crippen LogP contribution in [0.2, 0.25) is 0 Å². The molecule has 19 heavy (non-hydrogen) atoms. The zero-order valence-electron chi connectivity index (χ0n) is 12.2. The summed E-state index contributed by atoms with van der Waals surface area (Å²) in [7, 11) is 0. The lowest BCUT2D eigenvalue weighted by Gasteiger charge is -2.31. The van der Waals surface area contributed by atoms with Crippen molar-refractivity contribution in [2.75, 3.05) is 36.5 Å². The van der Waals surface area contributed by atoms with E-state index in [1.165, 1.54) is 30.6 Å². The first kappa shape index (κ1) is 14.2. The molecule has 3 heteroatoms. The van der Waals surface area contributed by atoms with Crippen molar-refractivity contribution in [3.8, 4) is 0 Å². The van der Waals surface area contributed by atoms with Gasteiger partial charge in [-0.15, -0.1) is 0 Å². The molecule has 1 aliphatic rings. The van der Waals surface area contributed by atoms with Crippen LogP contribution in [-0.4, -0.2) is 31.3 Å². The van der Waals surface area contributed by atoms with Crippen molar-refractivity contribution in [1.29, 1.82) is 0 Å². The van der Waals surface area contributed by atoms with Crippen molar-refractivity contribution in [3.63, 3.8) is 0 Å². The molecular weight excluding hydrogens is 236 g/mol. The van der Waals surface area contributed by atoms with E-state index in [0.717, 1.165) is 19.6 Å². The van der Waals surface area contributed by atoms with E-state index in [0.29, 0.717) is 0 Å². The Labute approximate surface area is 116 Å². The van der Waals surface area contributed by atoms with Gasteiger partial charge in [0.05, 0.1) is 11.4 Å². The van der Waals surface area contributed by atoms with Crippen molar-refractivity contribution < 1.29 is 5.11 Å². The maximum atomic E-state index is 9.34. The van der Waals surface area contributed by atoms with E-state index in [9.17, 15) is 5.11 Å². The molecule has 2 N–H and O–H groups in total. The van der Waals surface area contributed by atoms with E-state index in [4.69, 9.17) is 0 Å². The van der Waals surface area contributed by atoms with Gasteiger partial charge in [-0.25, -0.2) is 0 Å². The molecular formula is C16H26N2O. The molecule has 1 aromatic carbocycles. The van der Waals surface area contributed by atoms with Crippen LogP contribution in [0.25, 0.3) is 0 Å². The number of aliphatic hydroxyl groups is 1. The van der Waals surface area contributed by atoms with Crippen molar-refractivity contribution in [3.05, 3.63) is 24.3 Å². The molecule has 106 valence electrons. The third-order valence-electron chi connectivity index (χ3n) is 3.79. The Morgan fingerprint density at radius 2 is 1.84 bits per heavy atom. The quantitative estimate of drug-likeness (QED) is 0.856. The van der Waals surface area contributed by atoms with E-state index in [1.807, 2.05) is 0 Å². The SMILES string of the molecule is CC(C)(CO)CNc1ccccc1N1CCCCC1. The van der Waals surface area contributed by atoms with Gasteiger partial charge in [0.1, 0.15) is 0 Å². The topological polar surface area (TPSA) is 35.5 Å². The van der Waals surface area contributed by atoms with Crippen LogP contribution in [0.4, 0.5) is 11.4 Å². The standard InChI is InChI=1S/C16H26N2O/c1-16(2,13-19)12-17-14-8-4-5-9-15(14)18-10-6-3-7-11-18/h4-5,8-9,17,19H,3,6-7,10-13H2,1-2H3. The summed E-state index contributed by atoms with van der Waals surface area (Å²) in [4.78, 5) is 2.47. The van der Waals surface area contributed by atoms with Crippen LogP contribution in [0, 0.1) is 5.41 Å². The predicted octanol–water partition coefficient (Wildman–Crippen LogP) is 3.11. The predicted molar refractivity (Wildman–Crippen MR) is 81.9 cm³/mol. The maximum Gasteiger partial charge on any atom is 0.0602 e. The van der Waals surface area contributed by atoms with Crippen LogP contribution in [0.15, 0.2) is 24.3 Å². The monoisotopic (exact) mass is 262 g/mol. The maximum absolute atomic E-state index is 9.34. The Bertz CT molecular complexity index is 397. The summed E-state index contributed by atoms with van der Waals surface area (Å²) in [6.07, 6.45) is 3.93. The minimum atomic E-state index is -0.0883. The Morgan fingerprint density at radius 1 is 1.16 bits per heavy atom. The van der Waals surface area contributed by atoms with Crippen LogP contribution in [0.5, 0.6) is 0 Å². The molecule has 0 aromatic heterocycles. The number of benzene rings is 1. The fourth-order valence-corrected chi connectivity index (χ4v) is 2.42. The smallest absolute Gasteiger partial charge is 0.0602 e. The molecule has 0 radical (unpaired) electrons. The van der Waals surface area contributed by atoms with Crippen LogP contribution in [-0.2, 0) is 0 Å². The second-order valence-corrected chi connectivity index (χ2v) is 6.24. The van der Waals surface area contributed by atoms with Crippen LogP contribution < -0.4 is 10.2 Å². The average Bonchev–Trinajstić information content (AvgIpc) is 2.46. The van der Waals surface area contributed by atoms with E-state index < -0.39 is 0 Å². The summed E-state index contributed by atoms with van der Waals surface area (Å²) < 4.78 is 0. The summed E-state index contributed by atoms with van der Waals surface area (Å²) in [6, 6.07) is 8.50. The largest absolute Gasteiger partial charge is 0.396 e. The van der Waals surface area contributed by atoms with Gasteiger partial charge < -0.3 is 15.3 Å². The molecule has 1 saturated heterocycles. The van der Waals surface area contributed by atoms with Gasteiger partial charge in [-0.3, -0.25) is 0 Å². The summed E-state index contributed by atoms with van der Waals surface area (Å²) in [5.74, 6) is 0. The molecule has 3 nitrogen and oxygen atoms in total. The number of anilines is 2. The third-order valence-corrected chi connectivity index (χ3v) is 3.79. The zero-order valence-corrected chi connectivity index (χ0v) is 12.2. The fourth-order valence-electron chi connectivity index (χ4n) is 2.42. The minimum Gasteiger partial charge on any atom is -0.396 e. The van der Waals surface area contributed by atoms with Crippen molar-refractivity contribution in [2.45, 2.75) is 33.1 Å². The van der Waals surface area contributed by atoms with Gasteiger partial charge in [-0.2, -0.15) is 0 Å². The molecule has 2 rings (SSSR count). The molecule has 0 atom stereocenters. The van der Waals surface area contributed by atoms with Gasteiger partial charge in [0.2, 0.25) is 0 Å². The van der Waals surface area contributed by atoms with E-state index in [-0.39, 0.29) is 12.0 Å². The van der Waals surface area contributed by atoms with Gasteiger partial charge in [-0.1, -0.05) is 26.0 Å². The number of para-hydroxylation sites is 2. The molecule has 0 bridgehead atoms. The highest BCUT2D eigenvalue weighted by molar-refractivity contribution is 5.70. The first-order chi connectivity index (χ1) is 9.12. The Balaban J connectivity index is 2.07. The Hall–Kier alpha value is -1.22. The fraction of sp³-hybridized carbons (Fsp3) is 0.625. The Morgan fingerprint density at radius 3 is 2.53 bits per heavy atom. The van der Waals surface area contributed by atoms with Gasteiger partial charge in [0.15, 0.2) is 0 Å². The lowest BCUT2D eigenvalue weighted by Crippen LogP contribution is -2.31. The second kappa shape index (κ2) is 6.29. The Kier molecular flexibility index (Phi) is 4.70. The lowest BCUT2D eigenvalue weighted by atomic mass is 9.95. The number of piperidine rings is 1. The number of aliphatic hydroxyl groups excluding tert-OH is 1. The highest BCUT2D eigenvalue weighted by Crippen LogP contribution is 2.29. The second-order valence-electron chi connectivity index (χ2n) is 6.24. The van der Waals surface area contributed by atoms with Gasteiger partial charge >= 0.3 is 0 Å². The summed E-state index contributed by atoms with van der Waals surface area (Å²) in [6.45, 7) is 7.44. The zero-order chi connectivity index (χ0) is 13.7. The minimum absolute atomic E-state index is 0.0883. The molecule has 1 heterocycles. The third kappa shape index (κ3) is 3.87. The summed E-state index contributed by atoms with van der Waals surface area (Å²) in [5.41, 5.74) is 2.40. The van der Waals surface area contributed by atoms with Gasteiger partial charge in [0.25, 0.3) is 0 Å². The van der Waals surface area contributed by atoms with Crippen LogP contribution >= 0.6 is 0 Å². The number of rotatable bonds is 5. The van der Waals surface area contributed by atoms with E-state index in [2.05, 4.69) is 48.3 Å². The highest BCUT2D eigenvalue weighted by atomic mass is 16.3. The molecule has 1 aromatic rings. The molecule has 1 aliphatic heterocycles. The van der Waals surface area contributed by atoms with Crippen molar-refractivity contribution in [2.24, 2.45) is 5.41 Å². The van der Waals surface area contributed by atoms with Gasteiger partial charge in [0, 0.05) is 31.7 Å². The number of hydrogen-bond acceptors (Lipinski definition) is 3. The van der Waals surface area contributed by atoms with Crippen molar-refractivity contribution in [1.82, 2.24) is 0 Å². The van der Waals surface area contributed by atoms with Crippen molar-refractivity contribution >= 4 is 11.4 Å². The molecule has 0 aliphatic carbocycles. The summed E-state index contributed by atoms with van der Waals surface area (Å²) in [5, 5.41) is 12.8. The molecule has 1 fully saturated rings. The number of nitrogens with one attached hydrogen (secondary N) is 1. The van der Waals surface area contributed by atoms with Crippen LogP contribution in [0.3, 0.4) is 0 Å². The number of hydrogen-bond donors (Lipinski definition) is 2. The van der Waals surface area contributed by atoms with E-state index in [1.54, 1.807) is 0 Å². The molecule has 0 spiro atoms. The number of nitrogens with zero attached hydrogens (tertiary/aromatic N) is 1. The first-order valence-electron chi connectivity index (χ1n) is 7.31. The first-order valence-corrected chi connectivity index (χ1v) is 7.31. The normalized spacial score (nSPS) is 16.5. The molecule has 0 unspecified atom stereocenters. The molecule has 0 saturated carbocycles. The average molecular weight is 262 g/mol. The van der Waals surface area contributed by atoms with Gasteiger partial charge in [-0.05, 0) is 31.4 Å². The highest BCUT2D eigenvalue weighted by Gasteiger charge is 2.18. The summed E-state index contributed by atoms with van der Waals surface area (Å²) >= 11 is 0. The lowest BCUT2D eigenvalue weighted by molar-refractivity contribution is 0.171.